The van der Waals surface area contributed by atoms with E-state index in [1.54, 1.807) is 6.20 Å². The molecule has 1 aliphatic rings. The molecule has 4 heteroatoms. The van der Waals surface area contributed by atoms with Crippen molar-refractivity contribution in [2.75, 3.05) is 26.2 Å². The van der Waals surface area contributed by atoms with E-state index in [1.165, 1.54) is 5.56 Å². The molecule has 1 aliphatic heterocycles. The molecule has 1 fully saturated rings. The molecule has 1 aromatic rings. The minimum Gasteiger partial charge on any atom is -0.405 e. The highest BCUT2D eigenvalue weighted by molar-refractivity contribution is 6.30. The molecular weight excluding hydrogens is 270 g/mol. The number of hydrogen-bond acceptors (Lipinski definition) is 3. The standard InChI is InChI=1S/C16H22ClN3/c17-15-7-5-14(6-8-15)16(4-2-1-3-9-18)20-12-10-19-11-13-20/h1-3,5-9,16,19H,4,10-13,18H2/b2-1-,9-3-. The summed E-state index contributed by atoms with van der Waals surface area (Å²) in [5.74, 6) is 0. The molecule has 0 radical (unpaired) electrons. The summed E-state index contributed by atoms with van der Waals surface area (Å²) in [4.78, 5) is 2.52. The summed E-state index contributed by atoms with van der Waals surface area (Å²) < 4.78 is 0. The molecule has 1 unspecified atom stereocenters. The van der Waals surface area contributed by atoms with E-state index in [0.29, 0.717) is 6.04 Å². The predicted octanol–water partition coefficient (Wildman–Crippen LogP) is 2.71. The quantitative estimate of drug-likeness (QED) is 0.820. The molecule has 3 nitrogen and oxygen atoms in total. The van der Waals surface area contributed by atoms with Gasteiger partial charge in [-0.1, -0.05) is 35.9 Å². The maximum absolute atomic E-state index is 5.99. The number of nitrogens with zero attached hydrogens (tertiary/aromatic N) is 1. The highest BCUT2D eigenvalue weighted by Crippen LogP contribution is 2.26. The summed E-state index contributed by atoms with van der Waals surface area (Å²) in [6, 6.07) is 8.59. The molecule has 3 N–H and O–H groups in total. The van der Waals surface area contributed by atoms with Gasteiger partial charge in [0, 0.05) is 37.2 Å². The summed E-state index contributed by atoms with van der Waals surface area (Å²) in [7, 11) is 0. The highest BCUT2D eigenvalue weighted by Gasteiger charge is 2.20. The van der Waals surface area contributed by atoms with E-state index in [1.807, 2.05) is 24.3 Å². The van der Waals surface area contributed by atoms with E-state index >= 15 is 0 Å². The third kappa shape index (κ3) is 4.37. The first kappa shape index (κ1) is 15.1. The van der Waals surface area contributed by atoms with Crippen LogP contribution >= 0.6 is 11.6 Å². The van der Waals surface area contributed by atoms with Gasteiger partial charge in [-0.25, -0.2) is 0 Å². The fourth-order valence-electron chi connectivity index (χ4n) is 2.52. The largest absolute Gasteiger partial charge is 0.405 e. The fourth-order valence-corrected chi connectivity index (χ4v) is 2.65. The number of benzene rings is 1. The lowest BCUT2D eigenvalue weighted by Crippen LogP contribution is -2.45. The van der Waals surface area contributed by atoms with Crippen molar-refractivity contribution in [3.05, 3.63) is 59.3 Å². The Labute approximate surface area is 126 Å². The molecule has 1 heterocycles. The first-order chi connectivity index (χ1) is 9.81. The maximum Gasteiger partial charge on any atom is 0.0406 e. The topological polar surface area (TPSA) is 41.3 Å². The maximum atomic E-state index is 5.99. The molecule has 0 aromatic heterocycles. The van der Waals surface area contributed by atoms with Crippen LogP contribution in [0.1, 0.15) is 18.0 Å². The van der Waals surface area contributed by atoms with Crippen LogP contribution in [0.25, 0.3) is 0 Å². The minimum atomic E-state index is 0.400. The highest BCUT2D eigenvalue weighted by atomic mass is 35.5. The number of allylic oxidation sites excluding steroid dienone is 2. The molecule has 108 valence electrons. The van der Waals surface area contributed by atoms with Crippen LogP contribution < -0.4 is 11.1 Å². The summed E-state index contributed by atoms with van der Waals surface area (Å²) in [5.41, 5.74) is 6.67. The van der Waals surface area contributed by atoms with Gasteiger partial charge in [-0.15, -0.1) is 0 Å². The number of piperazine rings is 1. The van der Waals surface area contributed by atoms with Gasteiger partial charge in [0.25, 0.3) is 0 Å². The van der Waals surface area contributed by atoms with E-state index in [-0.39, 0.29) is 0 Å². The Balaban J connectivity index is 2.11. The zero-order valence-electron chi connectivity index (χ0n) is 11.6. The van der Waals surface area contributed by atoms with Crippen LogP contribution in [0.15, 0.2) is 48.7 Å². The Kier molecular flexibility index (Phi) is 6.12. The van der Waals surface area contributed by atoms with Gasteiger partial charge in [0.05, 0.1) is 0 Å². The predicted molar refractivity (Wildman–Crippen MR) is 85.7 cm³/mol. The Hall–Kier alpha value is -1.29. The van der Waals surface area contributed by atoms with Crippen molar-refractivity contribution in [2.24, 2.45) is 5.73 Å². The Bertz CT molecular complexity index is 447. The molecule has 0 aliphatic carbocycles. The van der Waals surface area contributed by atoms with E-state index in [9.17, 15) is 0 Å². The summed E-state index contributed by atoms with van der Waals surface area (Å²) in [6.07, 6.45) is 8.57. The molecule has 0 amide bonds. The third-order valence-corrected chi connectivity index (χ3v) is 3.82. The normalized spacial score (nSPS) is 18.9. The van der Waals surface area contributed by atoms with E-state index in [0.717, 1.165) is 37.6 Å². The molecular formula is C16H22ClN3. The van der Waals surface area contributed by atoms with Gasteiger partial charge in [-0.3, -0.25) is 4.90 Å². The number of rotatable bonds is 5. The van der Waals surface area contributed by atoms with Crippen LogP contribution in [0, 0.1) is 0 Å². The van der Waals surface area contributed by atoms with Crippen molar-refractivity contribution in [1.82, 2.24) is 10.2 Å². The van der Waals surface area contributed by atoms with Gasteiger partial charge in [-0.2, -0.15) is 0 Å². The van der Waals surface area contributed by atoms with Crippen LogP contribution in [0.3, 0.4) is 0 Å². The molecule has 1 saturated heterocycles. The average Bonchev–Trinajstić information content (AvgIpc) is 2.50. The molecule has 2 rings (SSSR count). The molecule has 1 aromatic carbocycles. The number of halogens is 1. The zero-order chi connectivity index (χ0) is 14.2. The molecule has 0 bridgehead atoms. The summed E-state index contributed by atoms with van der Waals surface area (Å²) in [5, 5.41) is 4.18. The second-order valence-electron chi connectivity index (χ2n) is 4.90. The average molecular weight is 292 g/mol. The molecule has 20 heavy (non-hydrogen) atoms. The van der Waals surface area contributed by atoms with E-state index in [4.69, 9.17) is 17.3 Å². The first-order valence-electron chi connectivity index (χ1n) is 7.05. The summed E-state index contributed by atoms with van der Waals surface area (Å²) in [6.45, 7) is 4.26. The van der Waals surface area contributed by atoms with Crippen LogP contribution in [0.2, 0.25) is 5.02 Å². The van der Waals surface area contributed by atoms with Crippen molar-refractivity contribution in [1.29, 1.82) is 0 Å². The van der Waals surface area contributed by atoms with Gasteiger partial charge in [0.2, 0.25) is 0 Å². The smallest absolute Gasteiger partial charge is 0.0406 e. The van der Waals surface area contributed by atoms with Crippen molar-refractivity contribution >= 4 is 11.6 Å². The van der Waals surface area contributed by atoms with Crippen molar-refractivity contribution in [3.63, 3.8) is 0 Å². The van der Waals surface area contributed by atoms with Gasteiger partial charge in [0.15, 0.2) is 0 Å². The lowest BCUT2D eigenvalue weighted by atomic mass is 10.0. The second kappa shape index (κ2) is 8.10. The summed E-state index contributed by atoms with van der Waals surface area (Å²) >= 11 is 5.99. The number of nitrogens with two attached hydrogens (primary N) is 1. The first-order valence-corrected chi connectivity index (χ1v) is 7.42. The molecule has 1 atom stereocenters. The Morgan fingerprint density at radius 2 is 1.90 bits per heavy atom. The van der Waals surface area contributed by atoms with E-state index in [2.05, 4.69) is 28.4 Å². The lowest BCUT2D eigenvalue weighted by Gasteiger charge is -2.34. The van der Waals surface area contributed by atoms with E-state index < -0.39 is 0 Å². The molecule has 0 spiro atoms. The number of hydrogen-bond donors (Lipinski definition) is 2. The monoisotopic (exact) mass is 291 g/mol. The third-order valence-electron chi connectivity index (χ3n) is 3.56. The SMILES string of the molecule is N/C=C\C=C/CC(c1ccc(Cl)cc1)N1CCNCC1. The van der Waals surface area contributed by atoms with Crippen LogP contribution in [0.5, 0.6) is 0 Å². The van der Waals surface area contributed by atoms with Gasteiger partial charge in [-0.05, 0) is 36.4 Å². The van der Waals surface area contributed by atoms with Gasteiger partial charge < -0.3 is 11.1 Å². The van der Waals surface area contributed by atoms with Gasteiger partial charge in [0.1, 0.15) is 0 Å². The lowest BCUT2D eigenvalue weighted by molar-refractivity contribution is 0.174. The van der Waals surface area contributed by atoms with Crippen molar-refractivity contribution < 1.29 is 0 Å². The Morgan fingerprint density at radius 3 is 2.55 bits per heavy atom. The zero-order valence-corrected chi connectivity index (χ0v) is 12.4. The van der Waals surface area contributed by atoms with Crippen LogP contribution in [-0.2, 0) is 0 Å². The molecule has 0 saturated carbocycles. The fraction of sp³-hybridized carbons (Fsp3) is 0.375. The van der Waals surface area contributed by atoms with Crippen LogP contribution in [0.4, 0.5) is 0 Å². The minimum absolute atomic E-state index is 0.400. The van der Waals surface area contributed by atoms with Crippen molar-refractivity contribution in [3.8, 4) is 0 Å². The number of nitrogens with one attached hydrogen (secondary N) is 1. The van der Waals surface area contributed by atoms with Crippen LogP contribution in [-0.4, -0.2) is 31.1 Å². The Morgan fingerprint density at radius 1 is 1.20 bits per heavy atom. The second-order valence-corrected chi connectivity index (χ2v) is 5.34. The van der Waals surface area contributed by atoms with Crippen molar-refractivity contribution in [2.45, 2.75) is 12.5 Å². The van der Waals surface area contributed by atoms with Gasteiger partial charge >= 0.3 is 0 Å².